The van der Waals surface area contributed by atoms with Gasteiger partial charge in [-0.3, -0.25) is 45.0 Å². The van der Waals surface area contributed by atoms with Crippen LogP contribution in [-0.4, -0.2) is 68.3 Å². The van der Waals surface area contributed by atoms with E-state index in [2.05, 4.69) is 53.7 Å². The molecule has 7 aromatic rings. The summed E-state index contributed by atoms with van der Waals surface area (Å²) in [4.78, 5) is 46.7. The Kier molecular flexibility index (Phi) is 14.7. The molecule has 9 rings (SSSR count). The number of hydrazine groups is 1. The molecule has 0 spiro atoms. The Morgan fingerprint density at radius 3 is 1.72 bits per heavy atom. The second kappa shape index (κ2) is 20.8. The number of anilines is 1. The smallest absolute Gasteiger partial charge is 0.269 e. The highest BCUT2D eigenvalue weighted by Crippen LogP contribution is 2.41. The molecule has 67 heavy (non-hydrogen) atoms. The molecule has 22 heteroatoms. The van der Waals surface area contributed by atoms with E-state index >= 15 is 0 Å². The first-order valence-corrected chi connectivity index (χ1v) is 23.3. The first-order chi connectivity index (χ1) is 32.2. The summed E-state index contributed by atoms with van der Waals surface area (Å²) < 4.78 is 2.03. The molecule has 2 aliphatic heterocycles. The number of thiophene rings is 2. The van der Waals surface area contributed by atoms with Crippen LogP contribution in [0, 0.1) is 54.8 Å². The Labute approximate surface area is 397 Å². The Morgan fingerprint density at radius 2 is 1.22 bits per heavy atom. The molecule has 0 fully saturated rings. The molecular formula is C45H44N14O5S3. The lowest BCUT2D eigenvalue weighted by molar-refractivity contribution is -0.385. The van der Waals surface area contributed by atoms with Crippen LogP contribution in [0.2, 0.25) is 0 Å². The summed E-state index contributed by atoms with van der Waals surface area (Å²) in [6, 6.07) is 20.8. The van der Waals surface area contributed by atoms with Gasteiger partial charge in [0, 0.05) is 88.0 Å². The lowest BCUT2D eigenvalue weighted by Gasteiger charge is -2.19. The molecule has 0 atom stereocenters. The maximum absolute atomic E-state index is 11.2. The number of rotatable bonds is 8. The fourth-order valence-corrected chi connectivity index (χ4v) is 9.70. The SMILES string of the molecule is CC(=O)NN.CSC1=Nc2sc(C)c(C)c2C(c2ccc([N+](=O)[O-])cc2)=NN1Cc1cccnc1.Cc1sc2c(c1C)C(c1ccc([N+](=O)[O-])cc1)=NN(Cc1cccnc1)c1nnc(C)n1-2. The molecule has 0 bridgehead atoms. The number of hydrogen-bond donors (Lipinski definition) is 2. The van der Waals surface area contributed by atoms with E-state index in [0.717, 1.165) is 76.9 Å². The fourth-order valence-electron chi connectivity index (χ4n) is 6.92. The van der Waals surface area contributed by atoms with Crippen LogP contribution >= 0.6 is 34.4 Å². The lowest BCUT2D eigenvalue weighted by atomic mass is 10.00. The molecule has 5 aromatic heterocycles. The molecule has 2 aliphatic rings. The van der Waals surface area contributed by atoms with Crippen LogP contribution in [0.3, 0.4) is 0 Å². The van der Waals surface area contributed by atoms with Gasteiger partial charge < -0.3 is 0 Å². The van der Waals surface area contributed by atoms with Gasteiger partial charge in [0.05, 0.1) is 22.9 Å². The predicted molar refractivity (Wildman–Crippen MR) is 264 cm³/mol. The van der Waals surface area contributed by atoms with Gasteiger partial charge in [-0.15, -0.1) is 32.9 Å². The average molecular weight is 957 g/mol. The van der Waals surface area contributed by atoms with Gasteiger partial charge in [0.1, 0.15) is 27.2 Å². The fraction of sp³-hybridized carbons (Fsp3) is 0.200. The number of carbonyl (C=O) groups excluding carboxylic acids is 1. The molecule has 19 nitrogen and oxygen atoms in total. The molecule has 0 saturated heterocycles. The van der Waals surface area contributed by atoms with Crippen molar-refractivity contribution in [1.82, 2.24) is 35.2 Å². The van der Waals surface area contributed by atoms with Crippen LogP contribution in [0.4, 0.5) is 22.3 Å². The average Bonchev–Trinajstić information content (AvgIpc) is 3.88. The number of nitro groups is 2. The maximum atomic E-state index is 11.2. The van der Waals surface area contributed by atoms with Gasteiger partial charge in [0.15, 0.2) is 5.17 Å². The summed E-state index contributed by atoms with van der Waals surface area (Å²) in [5.74, 6) is 5.73. The summed E-state index contributed by atoms with van der Waals surface area (Å²) in [5.41, 5.74) is 11.3. The van der Waals surface area contributed by atoms with Crippen molar-refractivity contribution in [3.63, 3.8) is 0 Å². The van der Waals surface area contributed by atoms with E-state index in [1.165, 1.54) is 52.7 Å². The maximum Gasteiger partial charge on any atom is 0.269 e. The summed E-state index contributed by atoms with van der Waals surface area (Å²) >= 11 is 4.83. The number of hydrogen-bond acceptors (Lipinski definition) is 18. The zero-order valence-corrected chi connectivity index (χ0v) is 39.8. The van der Waals surface area contributed by atoms with Crippen LogP contribution in [0.25, 0.3) is 5.00 Å². The third-order valence-electron chi connectivity index (χ3n) is 10.5. The number of pyridine rings is 2. The van der Waals surface area contributed by atoms with Crippen molar-refractivity contribution >= 4 is 79.3 Å². The Balaban J connectivity index is 0.000000181. The third kappa shape index (κ3) is 10.5. The number of hydrazone groups is 2. The van der Waals surface area contributed by atoms with Gasteiger partial charge in [0.2, 0.25) is 5.91 Å². The highest BCUT2D eigenvalue weighted by Gasteiger charge is 2.31. The number of amidine groups is 1. The Bertz CT molecular complexity index is 3040. The molecule has 342 valence electrons. The Morgan fingerprint density at radius 1 is 0.731 bits per heavy atom. The van der Waals surface area contributed by atoms with E-state index < -0.39 is 9.85 Å². The van der Waals surface area contributed by atoms with Gasteiger partial charge in [-0.25, -0.2) is 20.9 Å². The van der Waals surface area contributed by atoms with Gasteiger partial charge >= 0.3 is 0 Å². The van der Waals surface area contributed by atoms with Crippen molar-refractivity contribution in [3.05, 3.63) is 178 Å². The number of fused-ring (bicyclic) bond motifs is 4. The summed E-state index contributed by atoms with van der Waals surface area (Å²) in [6.07, 6.45) is 9.06. The van der Waals surface area contributed by atoms with E-state index in [9.17, 15) is 25.0 Å². The van der Waals surface area contributed by atoms with Crippen molar-refractivity contribution in [3.8, 4) is 5.00 Å². The van der Waals surface area contributed by atoms with Gasteiger partial charge in [-0.05, 0) is 99.5 Å². The zero-order valence-electron chi connectivity index (χ0n) is 37.4. The molecule has 0 aliphatic carbocycles. The number of thioether (sulfide) groups is 1. The summed E-state index contributed by atoms with van der Waals surface area (Å²) in [6.45, 7) is 12.5. The van der Waals surface area contributed by atoms with Crippen molar-refractivity contribution in [2.45, 2.75) is 54.6 Å². The van der Waals surface area contributed by atoms with E-state index in [1.807, 2.05) is 63.7 Å². The number of aryl methyl sites for hydroxylation is 3. The topological polar surface area (TPSA) is 241 Å². The minimum Gasteiger partial charge on any atom is -0.295 e. The summed E-state index contributed by atoms with van der Waals surface area (Å²) in [5, 5.41) is 47.4. The number of amides is 1. The first-order valence-electron chi connectivity index (χ1n) is 20.4. The standard InChI is InChI=1S/C22H19N7O2S.C21H19N5O2S2.C2H6N2O/c1-13-14(2)32-21-19(13)20(17-6-8-18(9-7-17)29(30)31)26-27(12-16-5-4-10-23-11-16)22-25-24-15(3)28(21)22;1-13-14(2)30-20-18(13)19(16-6-8-17(9-7-16)26(27)28)24-25(21(23-20)29-3)12-15-5-4-10-22-11-15;1-2(5)4-3/h4-11H,12H2,1-3H3;4-11H,12H2,1-3H3;3H2,1H3,(H,4,5). The minimum absolute atomic E-state index is 0.0432. The summed E-state index contributed by atoms with van der Waals surface area (Å²) in [7, 11) is 0. The highest BCUT2D eigenvalue weighted by atomic mass is 32.2. The number of carbonyl (C=O) groups is 1. The van der Waals surface area contributed by atoms with Crippen molar-refractivity contribution in [2.24, 2.45) is 21.0 Å². The number of nitrogens with zero attached hydrogens (tertiary/aromatic N) is 12. The first kappa shape index (κ1) is 47.4. The third-order valence-corrected chi connectivity index (χ3v) is 13.5. The molecule has 0 radical (unpaired) electrons. The number of nitrogens with one attached hydrogen (secondary N) is 1. The number of nitrogens with two attached hydrogens (primary N) is 1. The number of aromatic nitrogens is 5. The van der Waals surface area contributed by atoms with Crippen molar-refractivity contribution in [2.75, 3.05) is 11.3 Å². The molecule has 0 saturated carbocycles. The number of benzene rings is 2. The van der Waals surface area contributed by atoms with Crippen LogP contribution in [0.5, 0.6) is 0 Å². The largest absolute Gasteiger partial charge is 0.295 e. The van der Waals surface area contributed by atoms with Crippen LogP contribution < -0.4 is 16.3 Å². The van der Waals surface area contributed by atoms with E-state index in [0.29, 0.717) is 19.0 Å². The predicted octanol–water partition coefficient (Wildman–Crippen LogP) is 8.61. The van der Waals surface area contributed by atoms with E-state index in [-0.39, 0.29) is 17.3 Å². The van der Waals surface area contributed by atoms with Crippen LogP contribution in [0.1, 0.15) is 67.0 Å². The zero-order chi connectivity index (χ0) is 47.9. The van der Waals surface area contributed by atoms with Crippen LogP contribution in [0.15, 0.2) is 113 Å². The lowest BCUT2D eigenvalue weighted by Crippen LogP contribution is -2.26. The number of nitro benzene ring substituents is 2. The van der Waals surface area contributed by atoms with Gasteiger partial charge in [-0.2, -0.15) is 10.2 Å². The molecule has 3 N–H and O–H groups in total. The van der Waals surface area contributed by atoms with E-state index in [1.54, 1.807) is 65.5 Å². The molecule has 2 aromatic carbocycles. The highest BCUT2D eigenvalue weighted by molar-refractivity contribution is 8.13. The van der Waals surface area contributed by atoms with Gasteiger partial charge in [-0.1, -0.05) is 23.9 Å². The molecule has 1 amide bonds. The van der Waals surface area contributed by atoms with Gasteiger partial charge in [0.25, 0.3) is 17.3 Å². The van der Waals surface area contributed by atoms with Crippen molar-refractivity contribution in [1.29, 1.82) is 0 Å². The Hall–Kier alpha value is -7.53. The number of aliphatic imine (C=N–C) groups is 1. The number of non-ortho nitro benzene ring substituents is 2. The monoisotopic (exact) mass is 956 g/mol. The molecular weight excluding hydrogens is 913 g/mol. The van der Waals surface area contributed by atoms with E-state index in [4.69, 9.17) is 15.2 Å². The second-order valence-corrected chi connectivity index (χ2v) is 18.1. The molecule has 0 unspecified atom stereocenters. The van der Waals surface area contributed by atoms with Crippen molar-refractivity contribution < 1.29 is 14.6 Å². The quantitative estimate of drug-likeness (QED) is 0.0628. The second-order valence-electron chi connectivity index (χ2n) is 15.0. The normalized spacial score (nSPS) is 12.6. The van der Waals surface area contributed by atoms with Crippen LogP contribution in [-0.2, 0) is 17.9 Å². The minimum atomic E-state index is -0.399. The molecule has 7 heterocycles.